The Morgan fingerprint density at radius 1 is 1.55 bits per heavy atom. The molecular formula is C8H19NOS. The van der Waals surface area contributed by atoms with Gasteiger partial charge in [0.2, 0.25) is 0 Å². The lowest BCUT2D eigenvalue weighted by atomic mass is 10.0. The van der Waals surface area contributed by atoms with E-state index < -0.39 is 5.60 Å². The van der Waals surface area contributed by atoms with Crippen LogP contribution in [-0.4, -0.2) is 35.3 Å². The molecule has 0 radical (unpaired) electrons. The van der Waals surface area contributed by atoms with Gasteiger partial charge < -0.3 is 10.4 Å². The fourth-order valence-electron chi connectivity index (χ4n) is 0.627. The van der Waals surface area contributed by atoms with E-state index in [1.54, 1.807) is 0 Å². The molecule has 68 valence electrons. The van der Waals surface area contributed by atoms with Gasteiger partial charge in [-0.05, 0) is 27.0 Å². The SMILES string of the molecule is CSCCNC(C)C(C)(C)O. The first kappa shape index (κ1) is 11.3. The van der Waals surface area contributed by atoms with Crippen molar-refractivity contribution in [3.63, 3.8) is 0 Å². The lowest BCUT2D eigenvalue weighted by molar-refractivity contribution is 0.0452. The largest absolute Gasteiger partial charge is 0.389 e. The van der Waals surface area contributed by atoms with Crippen molar-refractivity contribution < 1.29 is 5.11 Å². The summed E-state index contributed by atoms with van der Waals surface area (Å²) in [6.07, 6.45) is 2.08. The summed E-state index contributed by atoms with van der Waals surface area (Å²) >= 11 is 1.81. The van der Waals surface area contributed by atoms with Crippen molar-refractivity contribution in [3.8, 4) is 0 Å². The molecule has 0 fully saturated rings. The minimum atomic E-state index is -0.613. The molecule has 0 saturated carbocycles. The maximum Gasteiger partial charge on any atom is 0.0741 e. The summed E-state index contributed by atoms with van der Waals surface area (Å²) in [4.78, 5) is 0. The molecule has 0 aromatic carbocycles. The molecule has 0 rings (SSSR count). The van der Waals surface area contributed by atoms with E-state index in [2.05, 4.69) is 11.6 Å². The lowest BCUT2D eigenvalue weighted by Crippen LogP contribution is -2.45. The quantitative estimate of drug-likeness (QED) is 0.617. The van der Waals surface area contributed by atoms with E-state index in [9.17, 15) is 5.11 Å². The van der Waals surface area contributed by atoms with Gasteiger partial charge in [0.1, 0.15) is 0 Å². The van der Waals surface area contributed by atoms with E-state index in [-0.39, 0.29) is 6.04 Å². The Balaban J connectivity index is 3.44. The van der Waals surface area contributed by atoms with Gasteiger partial charge in [-0.2, -0.15) is 11.8 Å². The second-order valence-electron chi connectivity index (χ2n) is 3.32. The molecule has 0 aromatic heterocycles. The Bertz CT molecular complexity index is 101. The molecule has 0 heterocycles. The Morgan fingerprint density at radius 3 is 2.45 bits per heavy atom. The average molecular weight is 177 g/mol. The smallest absolute Gasteiger partial charge is 0.0741 e. The highest BCUT2D eigenvalue weighted by atomic mass is 32.2. The van der Waals surface area contributed by atoms with E-state index in [4.69, 9.17) is 0 Å². The predicted molar refractivity (Wildman–Crippen MR) is 52.1 cm³/mol. The Hall–Kier alpha value is 0.270. The predicted octanol–water partition coefficient (Wildman–Crippen LogP) is 1.10. The van der Waals surface area contributed by atoms with E-state index in [1.807, 2.05) is 32.5 Å². The van der Waals surface area contributed by atoms with Gasteiger partial charge in [0.15, 0.2) is 0 Å². The third kappa shape index (κ3) is 5.53. The van der Waals surface area contributed by atoms with Crippen molar-refractivity contribution in [2.45, 2.75) is 32.4 Å². The first-order valence-electron chi connectivity index (χ1n) is 3.93. The van der Waals surface area contributed by atoms with Crippen LogP contribution in [0.4, 0.5) is 0 Å². The Kier molecular flexibility index (Phi) is 5.13. The molecular weight excluding hydrogens is 158 g/mol. The summed E-state index contributed by atoms with van der Waals surface area (Å²) in [7, 11) is 0. The number of nitrogens with one attached hydrogen (secondary N) is 1. The van der Waals surface area contributed by atoms with Crippen molar-refractivity contribution in [2.75, 3.05) is 18.6 Å². The third-order valence-electron chi connectivity index (χ3n) is 1.82. The van der Waals surface area contributed by atoms with Crippen molar-refractivity contribution in [1.29, 1.82) is 0 Å². The van der Waals surface area contributed by atoms with Crippen LogP contribution in [0.25, 0.3) is 0 Å². The zero-order valence-corrected chi connectivity index (χ0v) is 8.66. The molecule has 1 atom stereocenters. The molecule has 0 aromatic rings. The van der Waals surface area contributed by atoms with Crippen LogP contribution in [0.1, 0.15) is 20.8 Å². The summed E-state index contributed by atoms with van der Waals surface area (Å²) in [6.45, 7) is 6.61. The molecule has 0 spiro atoms. The summed E-state index contributed by atoms with van der Waals surface area (Å²) in [5.41, 5.74) is -0.613. The first-order valence-corrected chi connectivity index (χ1v) is 5.32. The summed E-state index contributed by atoms with van der Waals surface area (Å²) < 4.78 is 0. The van der Waals surface area contributed by atoms with Gasteiger partial charge in [0.05, 0.1) is 5.60 Å². The van der Waals surface area contributed by atoms with E-state index >= 15 is 0 Å². The normalized spacial score (nSPS) is 15.0. The van der Waals surface area contributed by atoms with Gasteiger partial charge in [-0.25, -0.2) is 0 Å². The van der Waals surface area contributed by atoms with Crippen LogP contribution in [0.15, 0.2) is 0 Å². The first-order chi connectivity index (χ1) is 4.98. The molecule has 0 aliphatic carbocycles. The fourth-order valence-corrected chi connectivity index (χ4v) is 0.949. The fraction of sp³-hybridized carbons (Fsp3) is 1.00. The van der Waals surface area contributed by atoms with Crippen molar-refractivity contribution in [2.24, 2.45) is 0 Å². The number of hydrogen-bond donors (Lipinski definition) is 2. The Labute approximate surface area is 73.8 Å². The second-order valence-corrected chi connectivity index (χ2v) is 4.31. The van der Waals surface area contributed by atoms with Crippen LogP contribution < -0.4 is 5.32 Å². The minimum Gasteiger partial charge on any atom is -0.389 e. The minimum absolute atomic E-state index is 0.162. The van der Waals surface area contributed by atoms with Crippen LogP contribution >= 0.6 is 11.8 Å². The van der Waals surface area contributed by atoms with Gasteiger partial charge in [0, 0.05) is 18.3 Å². The maximum absolute atomic E-state index is 9.52. The molecule has 0 saturated heterocycles. The van der Waals surface area contributed by atoms with Crippen molar-refractivity contribution in [1.82, 2.24) is 5.32 Å². The van der Waals surface area contributed by atoms with Gasteiger partial charge >= 0.3 is 0 Å². The molecule has 11 heavy (non-hydrogen) atoms. The molecule has 2 nitrogen and oxygen atoms in total. The number of hydrogen-bond acceptors (Lipinski definition) is 3. The number of rotatable bonds is 5. The molecule has 0 bridgehead atoms. The highest BCUT2D eigenvalue weighted by Crippen LogP contribution is 2.06. The monoisotopic (exact) mass is 177 g/mol. The average Bonchev–Trinajstić information content (AvgIpc) is 1.86. The van der Waals surface area contributed by atoms with Gasteiger partial charge in [0.25, 0.3) is 0 Å². The molecule has 1 unspecified atom stereocenters. The van der Waals surface area contributed by atoms with E-state index in [0.29, 0.717) is 0 Å². The molecule has 3 heteroatoms. The highest BCUT2D eigenvalue weighted by molar-refractivity contribution is 7.98. The zero-order chi connectivity index (χ0) is 8.91. The topological polar surface area (TPSA) is 32.3 Å². The standard InChI is InChI=1S/C8H19NOS/c1-7(8(2,3)10)9-5-6-11-4/h7,9-10H,5-6H2,1-4H3. The van der Waals surface area contributed by atoms with Gasteiger partial charge in [-0.3, -0.25) is 0 Å². The lowest BCUT2D eigenvalue weighted by Gasteiger charge is -2.26. The van der Waals surface area contributed by atoms with Crippen molar-refractivity contribution in [3.05, 3.63) is 0 Å². The van der Waals surface area contributed by atoms with Crippen molar-refractivity contribution >= 4 is 11.8 Å². The molecule has 0 aliphatic heterocycles. The third-order valence-corrected chi connectivity index (χ3v) is 2.43. The van der Waals surface area contributed by atoms with E-state index in [0.717, 1.165) is 12.3 Å². The zero-order valence-electron chi connectivity index (χ0n) is 7.85. The van der Waals surface area contributed by atoms with Crippen LogP contribution in [0.5, 0.6) is 0 Å². The van der Waals surface area contributed by atoms with Crippen LogP contribution in [-0.2, 0) is 0 Å². The Morgan fingerprint density at radius 2 is 2.09 bits per heavy atom. The molecule has 0 aliphatic rings. The number of aliphatic hydroxyl groups is 1. The van der Waals surface area contributed by atoms with Gasteiger partial charge in [-0.1, -0.05) is 0 Å². The number of thioether (sulfide) groups is 1. The second kappa shape index (κ2) is 5.01. The highest BCUT2D eigenvalue weighted by Gasteiger charge is 2.20. The van der Waals surface area contributed by atoms with Crippen LogP contribution in [0.3, 0.4) is 0 Å². The maximum atomic E-state index is 9.52. The van der Waals surface area contributed by atoms with Crippen LogP contribution in [0.2, 0.25) is 0 Å². The van der Waals surface area contributed by atoms with Gasteiger partial charge in [-0.15, -0.1) is 0 Å². The molecule has 2 N–H and O–H groups in total. The summed E-state index contributed by atoms with van der Waals surface area (Å²) in [5, 5.41) is 12.8. The summed E-state index contributed by atoms with van der Waals surface area (Å²) in [6, 6.07) is 0.162. The molecule has 0 amide bonds. The van der Waals surface area contributed by atoms with E-state index in [1.165, 1.54) is 0 Å². The summed E-state index contributed by atoms with van der Waals surface area (Å²) in [5.74, 6) is 1.10. The van der Waals surface area contributed by atoms with Crippen LogP contribution in [0, 0.1) is 0 Å².